The van der Waals surface area contributed by atoms with E-state index in [2.05, 4.69) is 35.1 Å². The van der Waals surface area contributed by atoms with Crippen LogP contribution in [0.4, 0.5) is 0 Å². The van der Waals surface area contributed by atoms with Gasteiger partial charge in [0.1, 0.15) is 12.4 Å². The van der Waals surface area contributed by atoms with Crippen LogP contribution in [-0.4, -0.2) is 20.9 Å². The lowest BCUT2D eigenvalue weighted by molar-refractivity contribution is 0.296. The number of hydrogen-bond donors (Lipinski definition) is 1. The van der Waals surface area contributed by atoms with Crippen LogP contribution < -0.4 is 4.74 Å². The maximum Gasteiger partial charge on any atom is 0.208 e. The van der Waals surface area contributed by atoms with Gasteiger partial charge in [-0.3, -0.25) is 5.10 Å². The van der Waals surface area contributed by atoms with Gasteiger partial charge in [0, 0.05) is 10.8 Å². The minimum absolute atomic E-state index is 0.358. The Morgan fingerprint density at radius 2 is 2.24 bits per heavy atom. The molecule has 2 rings (SSSR count). The molecule has 0 saturated heterocycles. The summed E-state index contributed by atoms with van der Waals surface area (Å²) in [6.07, 6.45) is 2.15. The van der Waals surface area contributed by atoms with Crippen molar-refractivity contribution in [2.75, 3.05) is 5.75 Å². The predicted octanol–water partition coefficient (Wildman–Crippen LogP) is 4.40. The number of thioether (sulfide) groups is 1. The maximum atomic E-state index is 5.98. The molecule has 0 unspecified atom stereocenters. The molecule has 0 bridgehead atoms. The first-order valence-electron chi connectivity index (χ1n) is 6.61. The molecule has 4 nitrogen and oxygen atoms in total. The highest BCUT2D eigenvalue weighted by Gasteiger charge is 2.05. The van der Waals surface area contributed by atoms with Gasteiger partial charge in [-0.25, -0.2) is 4.98 Å². The van der Waals surface area contributed by atoms with E-state index in [-0.39, 0.29) is 0 Å². The van der Waals surface area contributed by atoms with Crippen molar-refractivity contribution in [3.8, 4) is 5.75 Å². The summed E-state index contributed by atoms with van der Waals surface area (Å²) < 4.78 is 5.67. The average molecular weight is 324 g/mol. The summed E-state index contributed by atoms with van der Waals surface area (Å²) in [4.78, 5) is 4.38. The molecule has 2 aromatic rings. The number of hydrogen-bond acceptors (Lipinski definition) is 4. The van der Waals surface area contributed by atoms with Gasteiger partial charge in [0.15, 0.2) is 5.82 Å². The maximum absolute atomic E-state index is 5.98. The van der Waals surface area contributed by atoms with Crippen molar-refractivity contribution in [3.05, 3.63) is 46.3 Å². The van der Waals surface area contributed by atoms with Crippen LogP contribution in [0.25, 0.3) is 0 Å². The van der Waals surface area contributed by atoms with Crippen LogP contribution in [0.3, 0.4) is 0 Å². The van der Waals surface area contributed by atoms with Gasteiger partial charge in [0.05, 0.1) is 0 Å². The number of halogens is 1. The van der Waals surface area contributed by atoms with Gasteiger partial charge >= 0.3 is 0 Å². The third-order valence-corrected chi connectivity index (χ3v) is 3.92. The quantitative estimate of drug-likeness (QED) is 0.632. The molecule has 1 aromatic heterocycles. The minimum atomic E-state index is 0.358. The molecule has 0 aliphatic carbocycles. The van der Waals surface area contributed by atoms with Gasteiger partial charge in [-0.15, -0.1) is 5.10 Å². The molecule has 21 heavy (non-hydrogen) atoms. The number of rotatable bonds is 6. The Morgan fingerprint density at radius 3 is 2.95 bits per heavy atom. The van der Waals surface area contributed by atoms with Crippen LogP contribution >= 0.6 is 23.4 Å². The highest BCUT2D eigenvalue weighted by molar-refractivity contribution is 7.99. The summed E-state index contributed by atoms with van der Waals surface area (Å²) in [6, 6.07) is 5.58. The van der Waals surface area contributed by atoms with E-state index in [1.165, 1.54) is 5.57 Å². The SMILES string of the molecule is CC(C)=CCSc1n[nH]c(COc2ccc(Cl)c(C)c2)n1. The lowest BCUT2D eigenvalue weighted by Gasteiger charge is -2.05. The Bertz CT molecular complexity index is 636. The Kier molecular flexibility index (Phi) is 5.70. The van der Waals surface area contributed by atoms with Crippen molar-refractivity contribution in [3.63, 3.8) is 0 Å². The summed E-state index contributed by atoms with van der Waals surface area (Å²) in [5.41, 5.74) is 2.28. The van der Waals surface area contributed by atoms with Gasteiger partial charge in [0.2, 0.25) is 5.16 Å². The number of H-pyrrole nitrogens is 1. The molecule has 6 heteroatoms. The van der Waals surface area contributed by atoms with E-state index in [0.29, 0.717) is 12.4 Å². The smallest absolute Gasteiger partial charge is 0.208 e. The van der Waals surface area contributed by atoms with E-state index in [9.17, 15) is 0 Å². The first kappa shape index (κ1) is 15.9. The normalized spacial score (nSPS) is 10.5. The number of aromatic amines is 1. The standard InChI is InChI=1S/C15H18ClN3OS/c1-10(2)6-7-21-15-17-14(18-19-15)9-20-12-4-5-13(16)11(3)8-12/h4-6,8H,7,9H2,1-3H3,(H,17,18,19). The monoisotopic (exact) mass is 323 g/mol. The molecule has 0 amide bonds. The molecular formula is C15H18ClN3OS. The summed E-state index contributed by atoms with van der Waals surface area (Å²) in [7, 11) is 0. The van der Waals surface area contributed by atoms with E-state index >= 15 is 0 Å². The number of aryl methyl sites for hydroxylation is 1. The number of benzene rings is 1. The van der Waals surface area contributed by atoms with Crippen LogP contribution in [-0.2, 0) is 6.61 Å². The second kappa shape index (κ2) is 7.52. The second-order valence-corrected chi connectivity index (χ2v) is 6.25. The molecule has 112 valence electrons. The van der Waals surface area contributed by atoms with E-state index in [4.69, 9.17) is 16.3 Å². The van der Waals surface area contributed by atoms with E-state index < -0.39 is 0 Å². The van der Waals surface area contributed by atoms with Crippen LogP contribution in [0.2, 0.25) is 5.02 Å². The molecule has 1 heterocycles. The number of nitrogens with one attached hydrogen (secondary N) is 1. The molecule has 0 aliphatic heterocycles. The zero-order valence-electron chi connectivity index (χ0n) is 12.3. The van der Waals surface area contributed by atoms with Crippen LogP contribution in [0.15, 0.2) is 35.0 Å². The first-order chi connectivity index (χ1) is 10.0. The lowest BCUT2D eigenvalue weighted by Crippen LogP contribution is -1.97. The van der Waals surface area contributed by atoms with Crippen molar-refractivity contribution in [1.29, 1.82) is 0 Å². The largest absolute Gasteiger partial charge is 0.486 e. The molecule has 1 aromatic carbocycles. The van der Waals surface area contributed by atoms with Crippen LogP contribution in [0.1, 0.15) is 25.2 Å². The third-order valence-electron chi connectivity index (χ3n) is 2.72. The van der Waals surface area contributed by atoms with Gasteiger partial charge < -0.3 is 4.74 Å². The average Bonchev–Trinajstić information content (AvgIpc) is 2.88. The van der Waals surface area contributed by atoms with Crippen LogP contribution in [0.5, 0.6) is 5.75 Å². The van der Waals surface area contributed by atoms with Crippen molar-refractivity contribution >= 4 is 23.4 Å². The second-order valence-electron chi connectivity index (χ2n) is 4.86. The Labute approximate surface area is 134 Å². The van der Waals surface area contributed by atoms with Gasteiger partial charge in [-0.1, -0.05) is 35.0 Å². The van der Waals surface area contributed by atoms with E-state index in [0.717, 1.165) is 27.2 Å². The summed E-state index contributed by atoms with van der Waals surface area (Å²) >= 11 is 7.57. The summed E-state index contributed by atoms with van der Waals surface area (Å²) in [5, 5.41) is 8.51. The van der Waals surface area contributed by atoms with Crippen molar-refractivity contribution in [1.82, 2.24) is 15.2 Å². The Balaban J connectivity index is 1.87. The summed E-state index contributed by atoms with van der Waals surface area (Å²) in [5.74, 6) is 2.35. The molecule has 1 N–H and O–H groups in total. The molecule has 0 atom stereocenters. The molecule has 0 fully saturated rings. The third kappa shape index (κ3) is 5.10. The van der Waals surface area contributed by atoms with Crippen molar-refractivity contribution < 1.29 is 4.74 Å². The number of nitrogens with zero attached hydrogens (tertiary/aromatic N) is 2. The topological polar surface area (TPSA) is 50.8 Å². The van der Waals surface area contributed by atoms with E-state index in [1.807, 2.05) is 25.1 Å². The van der Waals surface area contributed by atoms with E-state index in [1.54, 1.807) is 11.8 Å². The fourth-order valence-electron chi connectivity index (χ4n) is 1.55. The fraction of sp³-hybridized carbons (Fsp3) is 0.333. The Morgan fingerprint density at radius 1 is 1.43 bits per heavy atom. The highest BCUT2D eigenvalue weighted by atomic mass is 35.5. The van der Waals surface area contributed by atoms with Crippen molar-refractivity contribution in [2.24, 2.45) is 0 Å². The summed E-state index contributed by atoms with van der Waals surface area (Å²) in [6.45, 7) is 6.46. The Hall–Kier alpha value is -1.46. The minimum Gasteiger partial charge on any atom is -0.486 e. The number of aromatic nitrogens is 3. The van der Waals surface area contributed by atoms with Crippen LogP contribution in [0, 0.1) is 6.92 Å². The number of ether oxygens (including phenoxy) is 1. The zero-order chi connectivity index (χ0) is 15.2. The predicted molar refractivity (Wildman–Crippen MR) is 87.1 cm³/mol. The molecule has 0 spiro atoms. The van der Waals surface area contributed by atoms with Gasteiger partial charge in [-0.2, -0.15) is 0 Å². The van der Waals surface area contributed by atoms with Gasteiger partial charge in [0.25, 0.3) is 0 Å². The molecule has 0 radical (unpaired) electrons. The molecule has 0 saturated carbocycles. The zero-order valence-corrected chi connectivity index (χ0v) is 13.9. The lowest BCUT2D eigenvalue weighted by atomic mass is 10.2. The molecular weight excluding hydrogens is 306 g/mol. The molecule has 0 aliphatic rings. The first-order valence-corrected chi connectivity index (χ1v) is 7.97. The number of allylic oxidation sites excluding steroid dienone is 1. The van der Waals surface area contributed by atoms with Crippen molar-refractivity contribution in [2.45, 2.75) is 32.5 Å². The fourth-order valence-corrected chi connectivity index (χ4v) is 2.52. The van der Waals surface area contributed by atoms with Gasteiger partial charge in [-0.05, 0) is 44.5 Å². The highest BCUT2D eigenvalue weighted by Crippen LogP contribution is 2.21.